The summed E-state index contributed by atoms with van der Waals surface area (Å²) >= 11 is 0. The first-order valence-corrected chi connectivity index (χ1v) is 8.07. The van der Waals surface area contributed by atoms with Gasteiger partial charge in [-0.3, -0.25) is 4.90 Å². The van der Waals surface area contributed by atoms with Crippen molar-refractivity contribution in [2.45, 2.75) is 25.8 Å². The van der Waals surface area contributed by atoms with Gasteiger partial charge in [0.25, 0.3) is 0 Å². The van der Waals surface area contributed by atoms with Gasteiger partial charge in [0.1, 0.15) is 0 Å². The van der Waals surface area contributed by atoms with E-state index in [4.69, 9.17) is 0 Å². The van der Waals surface area contributed by atoms with Crippen molar-refractivity contribution in [1.82, 2.24) is 4.90 Å². The lowest BCUT2D eigenvalue weighted by Gasteiger charge is -2.15. The lowest BCUT2D eigenvalue weighted by atomic mass is 10.00. The number of hydrogen-bond donors (Lipinski definition) is 1. The van der Waals surface area contributed by atoms with E-state index in [1.807, 2.05) is 0 Å². The predicted octanol–water partition coefficient (Wildman–Crippen LogP) is 3.92. The third-order valence-corrected chi connectivity index (χ3v) is 4.68. The molecule has 0 spiro atoms. The van der Waals surface area contributed by atoms with Gasteiger partial charge in [-0.05, 0) is 72.8 Å². The van der Waals surface area contributed by atoms with E-state index in [1.54, 1.807) is 0 Å². The van der Waals surface area contributed by atoms with Gasteiger partial charge in [-0.1, -0.05) is 24.3 Å². The molecule has 0 amide bonds. The maximum Gasteiger partial charge on any atom is 0.0373 e. The van der Waals surface area contributed by atoms with Crippen molar-refractivity contribution in [3.8, 4) is 11.1 Å². The molecule has 0 radical (unpaired) electrons. The van der Waals surface area contributed by atoms with Crippen LogP contribution in [0, 0.1) is 0 Å². The summed E-state index contributed by atoms with van der Waals surface area (Å²) in [6, 6.07) is 15.9. The summed E-state index contributed by atoms with van der Waals surface area (Å²) in [6.07, 6.45) is 3.87. The van der Waals surface area contributed by atoms with Crippen LogP contribution in [0.2, 0.25) is 0 Å². The number of nitrogens with one attached hydrogen (secondary N) is 1. The first kappa shape index (κ1) is 12.9. The Hall–Kier alpha value is -1.80. The highest BCUT2D eigenvalue weighted by Crippen LogP contribution is 2.29. The summed E-state index contributed by atoms with van der Waals surface area (Å²) < 4.78 is 0. The van der Waals surface area contributed by atoms with Crippen LogP contribution in [0.1, 0.15) is 24.0 Å². The lowest BCUT2D eigenvalue weighted by Crippen LogP contribution is -2.18. The zero-order valence-electron chi connectivity index (χ0n) is 12.4. The van der Waals surface area contributed by atoms with Crippen molar-refractivity contribution < 1.29 is 0 Å². The number of hydrogen-bond acceptors (Lipinski definition) is 2. The first-order valence-electron chi connectivity index (χ1n) is 8.07. The molecule has 1 N–H and O–H groups in total. The third kappa shape index (κ3) is 2.68. The number of fused-ring (bicyclic) bond motifs is 1. The number of rotatable bonds is 3. The highest BCUT2D eigenvalue weighted by molar-refractivity contribution is 5.70. The Labute approximate surface area is 126 Å². The standard InChI is InChI=1S/C19H22N2/c1-2-11-21(10-1)14-15-4-3-5-16(12-15)17-6-7-19-18(13-17)8-9-20-19/h3-7,12-13,20H,1-2,8-11,14H2. The Bertz CT molecular complexity index is 642. The largest absolute Gasteiger partial charge is 0.384 e. The second-order valence-corrected chi connectivity index (χ2v) is 6.23. The molecule has 0 atom stereocenters. The zero-order valence-corrected chi connectivity index (χ0v) is 12.4. The lowest BCUT2D eigenvalue weighted by molar-refractivity contribution is 0.331. The average Bonchev–Trinajstić information content (AvgIpc) is 3.17. The quantitative estimate of drug-likeness (QED) is 0.915. The summed E-state index contributed by atoms with van der Waals surface area (Å²) in [5, 5.41) is 3.43. The fourth-order valence-corrected chi connectivity index (χ4v) is 3.53. The molecule has 2 nitrogen and oxygen atoms in total. The van der Waals surface area contributed by atoms with Gasteiger partial charge in [-0.15, -0.1) is 0 Å². The molecule has 2 aliphatic heterocycles. The fraction of sp³-hybridized carbons (Fsp3) is 0.368. The Morgan fingerprint density at radius 2 is 1.81 bits per heavy atom. The SMILES string of the molecule is c1cc(CN2CCCC2)cc(-c2ccc3c(c2)CCN3)c1. The van der Waals surface area contributed by atoms with Gasteiger partial charge in [-0.2, -0.15) is 0 Å². The van der Waals surface area contributed by atoms with E-state index in [1.165, 1.54) is 53.9 Å². The van der Waals surface area contributed by atoms with Crippen LogP contribution < -0.4 is 5.32 Å². The normalized spacial score (nSPS) is 17.7. The van der Waals surface area contributed by atoms with Crippen molar-refractivity contribution in [1.29, 1.82) is 0 Å². The number of benzene rings is 2. The average molecular weight is 278 g/mol. The van der Waals surface area contributed by atoms with Crippen molar-refractivity contribution in [3.63, 3.8) is 0 Å². The highest BCUT2D eigenvalue weighted by Gasteiger charge is 2.13. The topological polar surface area (TPSA) is 15.3 Å². The Kier molecular flexibility index (Phi) is 3.40. The van der Waals surface area contributed by atoms with Gasteiger partial charge in [0.2, 0.25) is 0 Å². The van der Waals surface area contributed by atoms with Crippen LogP contribution in [0.4, 0.5) is 5.69 Å². The van der Waals surface area contributed by atoms with Crippen molar-refractivity contribution in [2.24, 2.45) is 0 Å². The van der Waals surface area contributed by atoms with Crippen LogP contribution in [0.3, 0.4) is 0 Å². The fourth-order valence-electron chi connectivity index (χ4n) is 3.53. The van der Waals surface area contributed by atoms with Crippen LogP contribution >= 0.6 is 0 Å². The van der Waals surface area contributed by atoms with Gasteiger partial charge >= 0.3 is 0 Å². The smallest absolute Gasteiger partial charge is 0.0373 e. The minimum absolute atomic E-state index is 1.08. The summed E-state index contributed by atoms with van der Waals surface area (Å²) in [7, 11) is 0. The molecular formula is C19H22N2. The molecule has 1 saturated heterocycles. The molecule has 2 heteroatoms. The van der Waals surface area contributed by atoms with Crippen LogP contribution in [0.15, 0.2) is 42.5 Å². The molecule has 0 bridgehead atoms. The molecule has 0 aliphatic carbocycles. The molecule has 108 valence electrons. The van der Waals surface area contributed by atoms with Crippen LogP contribution in [-0.2, 0) is 13.0 Å². The van der Waals surface area contributed by atoms with Gasteiger partial charge in [0.15, 0.2) is 0 Å². The summed E-state index contributed by atoms with van der Waals surface area (Å²) in [5.74, 6) is 0. The minimum Gasteiger partial charge on any atom is -0.384 e. The number of nitrogens with zero attached hydrogens (tertiary/aromatic N) is 1. The van der Waals surface area contributed by atoms with Crippen LogP contribution in [-0.4, -0.2) is 24.5 Å². The highest BCUT2D eigenvalue weighted by atomic mass is 15.1. The molecule has 1 fully saturated rings. The molecule has 4 rings (SSSR count). The van der Waals surface area contributed by atoms with E-state index >= 15 is 0 Å². The van der Waals surface area contributed by atoms with Crippen LogP contribution in [0.25, 0.3) is 11.1 Å². The van der Waals surface area contributed by atoms with E-state index in [0.717, 1.165) is 19.5 Å². The van der Waals surface area contributed by atoms with Crippen molar-refractivity contribution >= 4 is 5.69 Å². The van der Waals surface area contributed by atoms with E-state index in [2.05, 4.69) is 52.7 Å². The van der Waals surface area contributed by atoms with Crippen molar-refractivity contribution in [2.75, 3.05) is 25.0 Å². The second kappa shape index (κ2) is 5.53. The zero-order chi connectivity index (χ0) is 14.1. The monoisotopic (exact) mass is 278 g/mol. The Morgan fingerprint density at radius 1 is 0.952 bits per heavy atom. The Morgan fingerprint density at radius 3 is 2.71 bits per heavy atom. The van der Waals surface area contributed by atoms with Gasteiger partial charge in [0, 0.05) is 18.8 Å². The molecule has 2 aromatic carbocycles. The van der Waals surface area contributed by atoms with E-state index < -0.39 is 0 Å². The molecule has 0 saturated carbocycles. The summed E-state index contributed by atoms with van der Waals surface area (Å²) in [6.45, 7) is 4.69. The van der Waals surface area contributed by atoms with Crippen molar-refractivity contribution in [3.05, 3.63) is 53.6 Å². The van der Waals surface area contributed by atoms with E-state index in [-0.39, 0.29) is 0 Å². The molecule has 2 aliphatic rings. The predicted molar refractivity (Wildman–Crippen MR) is 88.6 cm³/mol. The van der Waals surface area contributed by atoms with Gasteiger partial charge in [0.05, 0.1) is 0 Å². The molecule has 0 aromatic heterocycles. The maximum atomic E-state index is 3.43. The van der Waals surface area contributed by atoms with Crippen LogP contribution in [0.5, 0.6) is 0 Å². The van der Waals surface area contributed by atoms with Gasteiger partial charge in [-0.25, -0.2) is 0 Å². The second-order valence-electron chi connectivity index (χ2n) is 6.23. The number of anilines is 1. The summed E-state index contributed by atoms with van der Waals surface area (Å²) in [5.41, 5.74) is 6.90. The third-order valence-electron chi connectivity index (χ3n) is 4.68. The molecule has 2 heterocycles. The van der Waals surface area contributed by atoms with Gasteiger partial charge < -0.3 is 5.32 Å². The van der Waals surface area contributed by atoms with E-state index in [0.29, 0.717) is 0 Å². The Balaban J connectivity index is 1.59. The van der Waals surface area contributed by atoms with E-state index in [9.17, 15) is 0 Å². The molecule has 2 aromatic rings. The number of likely N-dealkylation sites (tertiary alicyclic amines) is 1. The molecular weight excluding hydrogens is 256 g/mol. The molecule has 0 unspecified atom stereocenters. The first-order chi connectivity index (χ1) is 10.4. The summed E-state index contributed by atoms with van der Waals surface area (Å²) in [4.78, 5) is 2.56. The minimum atomic E-state index is 1.08. The molecule has 21 heavy (non-hydrogen) atoms. The maximum absolute atomic E-state index is 3.43.